The highest BCUT2D eigenvalue weighted by Crippen LogP contribution is 2.19. The zero-order valence-electron chi connectivity index (χ0n) is 11.2. The normalized spacial score (nSPS) is 10.4. The molecule has 1 aromatic carbocycles. The summed E-state index contributed by atoms with van der Waals surface area (Å²) in [6, 6.07) is 8.55. The van der Waals surface area contributed by atoms with E-state index in [0.29, 0.717) is 0 Å². The standard InChI is InChI=1S/C14H20N4/c1-4-17(5-2)12-6-8-13(9-7-12)18-11-10-16-14(18)15-3/h6-11H,4-5H2,1-3H3,(H,15,16). The van der Waals surface area contributed by atoms with E-state index in [1.165, 1.54) is 5.69 Å². The van der Waals surface area contributed by atoms with Crippen molar-refractivity contribution < 1.29 is 0 Å². The van der Waals surface area contributed by atoms with Crippen molar-refractivity contribution in [2.45, 2.75) is 13.8 Å². The minimum atomic E-state index is 0.852. The molecule has 0 spiro atoms. The van der Waals surface area contributed by atoms with E-state index in [-0.39, 0.29) is 0 Å². The van der Waals surface area contributed by atoms with E-state index in [2.05, 4.69) is 53.3 Å². The molecule has 0 aliphatic carbocycles. The lowest BCUT2D eigenvalue weighted by Gasteiger charge is -2.21. The summed E-state index contributed by atoms with van der Waals surface area (Å²) in [5.74, 6) is 0.852. The van der Waals surface area contributed by atoms with Crippen LogP contribution in [-0.2, 0) is 0 Å². The summed E-state index contributed by atoms with van der Waals surface area (Å²) in [4.78, 5) is 6.57. The number of aromatic nitrogens is 2. The van der Waals surface area contributed by atoms with Crippen LogP contribution in [0.15, 0.2) is 36.7 Å². The Morgan fingerprint density at radius 3 is 2.39 bits per heavy atom. The van der Waals surface area contributed by atoms with Crippen molar-refractivity contribution in [3.05, 3.63) is 36.7 Å². The van der Waals surface area contributed by atoms with E-state index < -0.39 is 0 Å². The van der Waals surface area contributed by atoms with Crippen molar-refractivity contribution in [1.29, 1.82) is 0 Å². The molecule has 0 amide bonds. The first-order chi connectivity index (χ1) is 8.80. The zero-order chi connectivity index (χ0) is 13.0. The number of nitrogens with zero attached hydrogens (tertiary/aromatic N) is 3. The average Bonchev–Trinajstić information content (AvgIpc) is 2.89. The number of hydrogen-bond donors (Lipinski definition) is 1. The minimum absolute atomic E-state index is 0.852. The predicted molar refractivity (Wildman–Crippen MR) is 76.7 cm³/mol. The second-order valence-electron chi connectivity index (χ2n) is 4.06. The van der Waals surface area contributed by atoms with Crippen molar-refractivity contribution in [2.75, 3.05) is 30.4 Å². The van der Waals surface area contributed by atoms with Gasteiger partial charge >= 0.3 is 0 Å². The predicted octanol–water partition coefficient (Wildman–Crippen LogP) is 2.76. The van der Waals surface area contributed by atoms with Gasteiger partial charge < -0.3 is 10.2 Å². The maximum atomic E-state index is 4.24. The molecule has 18 heavy (non-hydrogen) atoms. The van der Waals surface area contributed by atoms with Gasteiger partial charge in [-0.15, -0.1) is 0 Å². The van der Waals surface area contributed by atoms with Crippen LogP contribution in [0.5, 0.6) is 0 Å². The summed E-state index contributed by atoms with van der Waals surface area (Å²) < 4.78 is 2.03. The summed E-state index contributed by atoms with van der Waals surface area (Å²) >= 11 is 0. The van der Waals surface area contributed by atoms with Gasteiger partial charge in [0, 0.05) is 43.9 Å². The van der Waals surface area contributed by atoms with Crippen LogP contribution < -0.4 is 10.2 Å². The van der Waals surface area contributed by atoms with Crippen LogP contribution in [-0.4, -0.2) is 29.7 Å². The number of hydrogen-bond acceptors (Lipinski definition) is 3. The summed E-state index contributed by atoms with van der Waals surface area (Å²) in [7, 11) is 1.88. The molecule has 1 heterocycles. The van der Waals surface area contributed by atoms with Crippen molar-refractivity contribution in [2.24, 2.45) is 0 Å². The lowest BCUT2D eigenvalue weighted by Crippen LogP contribution is -2.21. The molecule has 0 aliphatic heterocycles. The monoisotopic (exact) mass is 244 g/mol. The molecule has 2 rings (SSSR count). The van der Waals surface area contributed by atoms with Crippen molar-refractivity contribution in [3.8, 4) is 5.69 Å². The molecule has 96 valence electrons. The number of benzene rings is 1. The van der Waals surface area contributed by atoms with Gasteiger partial charge in [-0.25, -0.2) is 4.98 Å². The van der Waals surface area contributed by atoms with E-state index in [9.17, 15) is 0 Å². The van der Waals surface area contributed by atoms with Gasteiger partial charge in [0.05, 0.1) is 0 Å². The summed E-state index contributed by atoms with van der Waals surface area (Å²) in [5, 5.41) is 3.08. The number of imidazole rings is 1. The molecular formula is C14H20N4. The SMILES string of the molecule is CCN(CC)c1ccc(-n2ccnc2NC)cc1. The van der Waals surface area contributed by atoms with E-state index in [4.69, 9.17) is 0 Å². The van der Waals surface area contributed by atoms with Gasteiger partial charge in [0.25, 0.3) is 0 Å². The van der Waals surface area contributed by atoms with Crippen LogP contribution in [0, 0.1) is 0 Å². The smallest absolute Gasteiger partial charge is 0.207 e. The van der Waals surface area contributed by atoms with Crippen LogP contribution in [0.4, 0.5) is 11.6 Å². The largest absolute Gasteiger partial charge is 0.372 e. The third-order valence-corrected chi connectivity index (χ3v) is 3.12. The van der Waals surface area contributed by atoms with Gasteiger partial charge in [-0.1, -0.05) is 0 Å². The van der Waals surface area contributed by atoms with Crippen molar-refractivity contribution >= 4 is 11.6 Å². The number of anilines is 2. The first-order valence-electron chi connectivity index (χ1n) is 6.36. The summed E-state index contributed by atoms with van der Waals surface area (Å²) in [6.45, 7) is 6.41. The van der Waals surface area contributed by atoms with Crippen LogP contribution in [0.3, 0.4) is 0 Å². The van der Waals surface area contributed by atoms with Crippen molar-refractivity contribution in [3.63, 3.8) is 0 Å². The van der Waals surface area contributed by atoms with Crippen LogP contribution in [0.1, 0.15) is 13.8 Å². The summed E-state index contributed by atoms with van der Waals surface area (Å²) in [5.41, 5.74) is 2.38. The molecular weight excluding hydrogens is 224 g/mol. The Morgan fingerprint density at radius 1 is 1.17 bits per heavy atom. The topological polar surface area (TPSA) is 33.1 Å². The first kappa shape index (κ1) is 12.5. The lowest BCUT2D eigenvalue weighted by molar-refractivity contribution is 0.865. The molecule has 0 fully saturated rings. The Labute approximate surface area is 108 Å². The second-order valence-corrected chi connectivity index (χ2v) is 4.06. The van der Waals surface area contributed by atoms with E-state index in [0.717, 1.165) is 24.7 Å². The van der Waals surface area contributed by atoms with Crippen LogP contribution in [0.2, 0.25) is 0 Å². The Kier molecular flexibility index (Phi) is 3.87. The molecule has 0 atom stereocenters. The molecule has 1 aromatic heterocycles. The second kappa shape index (κ2) is 5.58. The van der Waals surface area contributed by atoms with Crippen LogP contribution in [0.25, 0.3) is 5.69 Å². The molecule has 0 saturated carbocycles. The molecule has 1 N–H and O–H groups in total. The molecule has 4 heteroatoms. The molecule has 0 bridgehead atoms. The number of rotatable bonds is 5. The third kappa shape index (κ3) is 2.32. The van der Waals surface area contributed by atoms with Crippen molar-refractivity contribution in [1.82, 2.24) is 9.55 Å². The molecule has 0 unspecified atom stereocenters. The van der Waals surface area contributed by atoms with Gasteiger partial charge in [0.1, 0.15) is 0 Å². The molecule has 2 aromatic rings. The Hall–Kier alpha value is -1.97. The maximum Gasteiger partial charge on any atom is 0.207 e. The van der Waals surface area contributed by atoms with Gasteiger partial charge in [0.2, 0.25) is 5.95 Å². The van der Waals surface area contributed by atoms with Crippen LogP contribution >= 0.6 is 0 Å². The first-order valence-corrected chi connectivity index (χ1v) is 6.36. The minimum Gasteiger partial charge on any atom is -0.372 e. The Bertz CT molecular complexity index is 483. The quantitative estimate of drug-likeness (QED) is 0.878. The van der Waals surface area contributed by atoms with E-state index in [1.54, 1.807) is 6.20 Å². The lowest BCUT2D eigenvalue weighted by atomic mass is 10.2. The molecule has 0 saturated heterocycles. The Balaban J connectivity index is 2.27. The molecule has 0 aliphatic rings. The van der Waals surface area contributed by atoms with Gasteiger partial charge in [0.15, 0.2) is 0 Å². The van der Waals surface area contributed by atoms with Gasteiger partial charge in [-0.3, -0.25) is 4.57 Å². The number of nitrogens with one attached hydrogen (secondary N) is 1. The fraction of sp³-hybridized carbons (Fsp3) is 0.357. The fourth-order valence-corrected chi connectivity index (χ4v) is 2.11. The maximum absolute atomic E-state index is 4.24. The third-order valence-electron chi connectivity index (χ3n) is 3.12. The Morgan fingerprint density at radius 2 is 1.83 bits per heavy atom. The fourth-order valence-electron chi connectivity index (χ4n) is 2.11. The highest BCUT2D eigenvalue weighted by Gasteiger charge is 2.04. The zero-order valence-corrected chi connectivity index (χ0v) is 11.2. The average molecular weight is 244 g/mol. The van der Waals surface area contributed by atoms with E-state index in [1.807, 2.05) is 17.8 Å². The molecule has 4 nitrogen and oxygen atoms in total. The van der Waals surface area contributed by atoms with Gasteiger partial charge in [-0.2, -0.15) is 0 Å². The van der Waals surface area contributed by atoms with Gasteiger partial charge in [-0.05, 0) is 38.1 Å². The highest BCUT2D eigenvalue weighted by atomic mass is 15.2. The molecule has 0 radical (unpaired) electrons. The summed E-state index contributed by atoms with van der Waals surface area (Å²) in [6.07, 6.45) is 3.75. The van der Waals surface area contributed by atoms with E-state index >= 15 is 0 Å². The highest BCUT2D eigenvalue weighted by molar-refractivity contribution is 5.52.